The van der Waals surface area contributed by atoms with Crippen molar-refractivity contribution in [2.24, 2.45) is 10.9 Å². The molecular formula is C19H31N7. The fourth-order valence-corrected chi connectivity index (χ4v) is 3.71. The van der Waals surface area contributed by atoms with Crippen LogP contribution in [0.3, 0.4) is 0 Å². The van der Waals surface area contributed by atoms with Gasteiger partial charge in [-0.15, -0.1) is 0 Å². The summed E-state index contributed by atoms with van der Waals surface area (Å²) in [6, 6.07) is 2.72. The molecule has 1 aromatic heterocycles. The van der Waals surface area contributed by atoms with Gasteiger partial charge in [-0.25, -0.2) is 9.97 Å². The topological polar surface area (TPSA) is 59.9 Å². The number of rotatable bonds is 7. The Morgan fingerprint density at radius 2 is 1.88 bits per heavy atom. The Labute approximate surface area is 156 Å². The van der Waals surface area contributed by atoms with E-state index in [9.17, 15) is 0 Å². The number of aromatic nitrogens is 2. The molecule has 4 rings (SSSR count). The van der Waals surface area contributed by atoms with E-state index < -0.39 is 0 Å². The fraction of sp³-hybridized carbons (Fsp3) is 0.737. The van der Waals surface area contributed by atoms with Crippen molar-refractivity contribution in [3.63, 3.8) is 0 Å². The molecule has 0 radical (unpaired) electrons. The Balaban J connectivity index is 1.22. The van der Waals surface area contributed by atoms with Crippen molar-refractivity contribution in [3.8, 4) is 0 Å². The number of nitrogens with zero attached hydrogens (tertiary/aromatic N) is 6. The van der Waals surface area contributed by atoms with Crippen LogP contribution in [0.15, 0.2) is 23.5 Å². The SMILES string of the molecule is CN=C(NCCN(CC1CC1)C1CC1)N1CCN(c2ncccn2)CC1. The van der Waals surface area contributed by atoms with Crippen molar-refractivity contribution in [2.45, 2.75) is 31.7 Å². The maximum absolute atomic E-state index is 4.50. The van der Waals surface area contributed by atoms with Crippen LogP contribution in [-0.2, 0) is 0 Å². The van der Waals surface area contributed by atoms with Gasteiger partial charge < -0.3 is 15.1 Å². The Hall–Kier alpha value is -1.89. The van der Waals surface area contributed by atoms with Crippen LogP contribution in [0.2, 0.25) is 0 Å². The molecule has 0 spiro atoms. The van der Waals surface area contributed by atoms with Crippen molar-refractivity contribution in [1.29, 1.82) is 0 Å². The lowest BCUT2D eigenvalue weighted by atomic mass is 10.3. The summed E-state index contributed by atoms with van der Waals surface area (Å²) >= 11 is 0. The van der Waals surface area contributed by atoms with Crippen molar-refractivity contribution < 1.29 is 0 Å². The normalized spacial score (nSPS) is 21.4. The van der Waals surface area contributed by atoms with Crippen LogP contribution in [0.25, 0.3) is 0 Å². The van der Waals surface area contributed by atoms with Gasteiger partial charge in [0.25, 0.3) is 0 Å². The highest BCUT2D eigenvalue weighted by Gasteiger charge is 2.33. The van der Waals surface area contributed by atoms with Gasteiger partial charge in [0.05, 0.1) is 0 Å². The van der Waals surface area contributed by atoms with Crippen LogP contribution >= 0.6 is 0 Å². The smallest absolute Gasteiger partial charge is 0.225 e. The third kappa shape index (κ3) is 4.63. The molecule has 7 heteroatoms. The standard InChI is InChI=1S/C19H31N7/c1-20-18(23-9-10-26(17-5-6-17)15-16-3-4-16)24-11-13-25(14-12-24)19-21-7-2-8-22-19/h2,7-8,16-17H,3-6,9-15H2,1H3,(H,20,23). The lowest BCUT2D eigenvalue weighted by molar-refractivity contribution is 0.255. The summed E-state index contributed by atoms with van der Waals surface area (Å²) in [5.41, 5.74) is 0. The van der Waals surface area contributed by atoms with Crippen LogP contribution in [0, 0.1) is 5.92 Å². The van der Waals surface area contributed by atoms with Crippen LogP contribution in [0.4, 0.5) is 5.95 Å². The van der Waals surface area contributed by atoms with Crippen molar-refractivity contribution in [2.75, 3.05) is 57.8 Å². The zero-order valence-corrected chi connectivity index (χ0v) is 15.8. The van der Waals surface area contributed by atoms with Gasteiger partial charge in [0, 0.05) is 71.3 Å². The zero-order chi connectivity index (χ0) is 17.8. The lowest BCUT2D eigenvalue weighted by Crippen LogP contribution is -2.53. The van der Waals surface area contributed by atoms with Gasteiger partial charge in [-0.2, -0.15) is 0 Å². The van der Waals surface area contributed by atoms with Gasteiger partial charge in [0.1, 0.15) is 0 Å². The molecule has 3 aliphatic rings. The van der Waals surface area contributed by atoms with Gasteiger partial charge in [0.15, 0.2) is 5.96 Å². The monoisotopic (exact) mass is 357 g/mol. The average molecular weight is 358 g/mol. The van der Waals surface area contributed by atoms with Crippen LogP contribution in [0.5, 0.6) is 0 Å². The minimum atomic E-state index is 0.829. The predicted octanol–water partition coefficient (Wildman–Crippen LogP) is 1.05. The van der Waals surface area contributed by atoms with E-state index in [2.05, 4.69) is 35.0 Å². The minimum absolute atomic E-state index is 0.829. The lowest BCUT2D eigenvalue weighted by Gasteiger charge is -2.36. The molecular weight excluding hydrogens is 326 g/mol. The molecule has 0 unspecified atom stereocenters. The quantitative estimate of drug-likeness (QED) is 0.581. The second kappa shape index (κ2) is 8.20. The highest BCUT2D eigenvalue weighted by atomic mass is 15.4. The van der Waals surface area contributed by atoms with Gasteiger partial charge in [-0.1, -0.05) is 0 Å². The summed E-state index contributed by atoms with van der Waals surface area (Å²) in [7, 11) is 1.89. The van der Waals surface area contributed by atoms with Crippen LogP contribution < -0.4 is 10.2 Å². The van der Waals surface area contributed by atoms with Gasteiger partial charge >= 0.3 is 0 Å². The molecule has 0 amide bonds. The number of anilines is 1. The summed E-state index contributed by atoms with van der Waals surface area (Å²) in [5.74, 6) is 2.83. The molecule has 1 aliphatic heterocycles. The second-order valence-electron chi connectivity index (χ2n) is 7.67. The molecule has 2 saturated carbocycles. The molecule has 1 aromatic rings. The summed E-state index contributed by atoms with van der Waals surface area (Å²) in [4.78, 5) is 20.5. The maximum atomic E-state index is 4.50. The first-order valence-electron chi connectivity index (χ1n) is 10.0. The van der Waals surface area contributed by atoms with Crippen molar-refractivity contribution in [1.82, 2.24) is 25.1 Å². The molecule has 0 aromatic carbocycles. The Bertz CT molecular complexity index is 589. The maximum Gasteiger partial charge on any atom is 0.225 e. The van der Waals surface area contributed by atoms with E-state index in [1.165, 1.54) is 32.2 Å². The molecule has 1 N–H and O–H groups in total. The van der Waals surface area contributed by atoms with Crippen LogP contribution in [-0.4, -0.2) is 84.6 Å². The van der Waals surface area contributed by atoms with E-state index >= 15 is 0 Å². The zero-order valence-electron chi connectivity index (χ0n) is 15.8. The van der Waals surface area contributed by atoms with Crippen LogP contribution in [0.1, 0.15) is 25.7 Å². The first-order valence-corrected chi connectivity index (χ1v) is 10.0. The van der Waals surface area contributed by atoms with E-state index in [0.717, 1.165) is 63.1 Å². The van der Waals surface area contributed by atoms with Gasteiger partial charge in [0.2, 0.25) is 5.95 Å². The molecule has 7 nitrogen and oxygen atoms in total. The number of piperazine rings is 1. The van der Waals surface area contributed by atoms with E-state index in [0.29, 0.717) is 0 Å². The molecule has 2 aliphatic carbocycles. The summed E-state index contributed by atoms with van der Waals surface area (Å²) in [5, 5.41) is 3.59. The highest BCUT2D eigenvalue weighted by Crippen LogP contribution is 2.34. The molecule has 0 atom stereocenters. The fourth-order valence-electron chi connectivity index (χ4n) is 3.71. The molecule has 2 heterocycles. The number of nitrogens with one attached hydrogen (secondary N) is 1. The first kappa shape index (κ1) is 17.5. The summed E-state index contributed by atoms with van der Waals surface area (Å²) in [6.45, 7) is 7.19. The third-order valence-corrected chi connectivity index (χ3v) is 5.56. The molecule has 1 saturated heterocycles. The van der Waals surface area contributed by atoms with Gasteiger partial charge in [-0.05, 0) is 37.7 Å². The Morgan fingerprint density at radius 3 is 2.50 bits per heavy atom. The predicted molar refractivity (Wildman–Crippen MR) is 104 cm³/mol. The van der Waals surface area contributed by atoms with E-state index in [1.54, 1.807) is 0 Å². The van der Waals surface area contributed by atoms with Crippen molar-refractivity contribution >= 4 is 11.9 Å². The molecule has 0 bridgehead atoms. The molecule has 3 fully saturated rings. The number of guanidine groups is 1. The molecule has 26 heavy (non-hydrogen) atoms. The number of aliphatic imine (C=N–C) groups is 1. The van der Waals surface area contributed by atoms with E-state index in [1.807, 2.05) is 25.5 Å². The van der Waals surface area contributed by atoms with E-state index in [4.69, 9.17) is 0 Å². The highest BCUT2D eigenvalue weighted by molar-refractivity contribution is 5.80. The van der Waals surface area contributed by atoms with E-state index in [-0.39, 0.29) is 0 Å². The second-order valence-corrected chi connectivity index (χ2v) is 7.67. The minimum Gasteiger partial charge on any atom is -0.355 e. The molecule has 142 valence electrons. The van der Waals surface area contributed by atoms with Crippen molar-refractivity contribution in [3.05, 3.63) is 18.5 Å². The summed E-state index contributed by atoms with van der Waals surface area (Å²) < 4.78 is 0. The van der Waals surface area contributed by atoms with Gasteiger partial charge in [-0.3, -0.25) is 9.89 Å². The number of hydrogen-bond acceptors (Lipinski definition) is 5. The largest absolute Gasteiger partial charge is 0.355 e. The Kier molecular flexibility index (Phi) is 5.53. The third-order valence-electron chi connectivity index (χ3n) is 5.56. The average Bonchev–Trinajstić information content (AvgIpc) is 3.59. The summed E-state index contributed by atoms with van der Waals surface area (Å²) in [6.07, 6.45) is 9.28. The Morgan fingerprint density at radius 1 is 1.15 bits per heavy atom. The first-order chi connectivity index (χ1) is 12.8. The number of hydrogen-bond donors (Lipinski definition) is 1.